The van der Waals surface area contributed by atoms with Gasteiger partial charge in [0.25, 0.3) is 5.95 Å². The molecule has 0 aliphatic heterocycles. The lowest BCUT2D eigenvalue weighted by Gasteiger charge is -2.09. The van der Waals surface area contributed by atoms with Crippen molar-refractivity contribution in [3.05, 3.63) is 46.2 Å². The van der Waals surface area contributed by atoms with Crippen LogP contribution in [-0.4, -0.2) is 39.9 Å². The van der Waals surface area contributed by atoms with E-state index in [9.17, 15) is 4.79 Å². The molecule has 0 saturated carbocycles. The summed E-state index contributed by atoms with van der Waals surface area (Å²) in [5.74, 6) is 0.575. The Balaban J connectivity index is 1.70. The van der Waals surface area contributed by atoms with Crippen molar-refractivity contribution in [3.63, 3.8) is 0 Å². The number of methoxy groups -OCH3 is 1. The summed E-state index contributed by atoms with van der Waals surface area (Å²) in [5.41, 5.74) is 3.34. The second-order valence-corrected chi connectivity index (χ2v) is 5.33. The van der Waals surface area contributed by atoms with Crippen LogP contribution in [0.2, 0.25) is 0 Å². The highest BCUT2D eigenvalue weighted by Gasteiger charge is 2.13. The summed E-state index contributed by atoms with van der Waals surface area (Å²) in [4.78, 5) is 12.5. The molecule has 3 rings (SSSR count). The van der Waals surface area contributed by atoms with Crippen molar-refractivity contribution < 1.29 is 14.3 Å². The van der Waals surface area contributed by atoms with Crippen LogP contribution in [-0.2, 0) is 0 Å². The number of hydrogen-bond donors (Lipinski definition) is 2. The van der Waals surface area contributed by atoms with Crippen LogP contribution < -0.4 is 14.9 Å². The minimum absolute atomic E-state index is 0.250. The summed E-state index contributed by atoms with van der Waals surface area (Å²) in [6.07, 6.45) is 1.55. The summed E-state index contributed by atoms with van der Waals surface area (Å²) in [5, 5.41) is 18.9. The molecule has 122 valence electrons. The molecule has 0 aliphatic rings. The number of esters is 1. The Kier molecular flexibility index (Phi) is 4.77. The van der Waals surface area contributed by atoms with Crippen LogP contribution in [0, 0.1) is 0 Å². The first-order valence-corrected chi connectivity index (χ1v) is 7.60. The van der Waals surface area contributed by atoms with Gasteiger partial charge in [-0.1, -0.05) is 11.2 Å². The van der Waals surface area contributed by atoms with Gasteiger partial charge in [-0.25, -0.2) is 10.2 Å². The van der Waals surface area contributed by atoms with Gasteiger partial charge in [0.15, 0.2) is 11.5 Å². The van der Waals surface area contributed by atoms with Gasteiger partial charge in [-0.2, -0.15) is 10.3 Å². The Labute approximate surface area is 140 Å². The minimum Gasteiger partial charge on any atom is -0.493 e. The topological polar surface area (TPSA) is 114 Å². The van der Waals surface area contributed by atoms with Gasteiger partial charge in [-0.15, -0.1) is 16.4 Å². The highest BCUT2D eigenvalue weighted by Crippen LogP contribution is 2.28. The Morgan fingerprint density at radius 1 is 1.38 bits per heavy atom. The molecule has 0 spiro atoms. The number of nitrogens with one attached hydrogen (secondary N) is 2. The third-order valence-electron chi connectivity index (χ3n) is 2.84. The first-order chi connectivity index (χ1) is 11.8. The Hall–Kier alpha value is -3.27. The van der Waals surface area contributed by atoms with Gasteiger partial charge in [-0.3, -0.25) is 0 Å². The van der Waals surface area contributed by atoms with Gasteiger partial charge in [-0.05, 0) is 40.4 Å². The molecule has 0 bridgehead atoms. The van der Waals surface area contributed by atoms with Gasteiger partial charge >= 0.3 is 5.97 Å². The van der Waals surface area contributed by atoms with Crippen molar-refractivity contribution in [2.24, 2.45) is 5.10 Å². The molecule has 24 heavy (non-hydrogen) atoms. The number of anilines is 1. The van der Waals surface area contributed by atoms with E-state index >= 15 is 0 Å². The lowest BCUT2D eigenvalue weighted by atomic mass is 10.2. The molecule has 0 amide bonds. The summed E-state index contributed by atoms with van der Waals surface area (Å²) >= 11 is 1.31. The summed E-state index contributed by atoms with van der Waals surface area (Å²) in [6, 6.07) is 8.55. The van der Waals surface area contributed by atoms with Crippen LogP contribution >= 0.6 is 11.3 Å². The molecule has 0 unspecified atom stereocenters. The van der Waals surface area contributed by atoms with E-state index in [4.69, 9.17) is 9.47 Å². The van der Waals surface area contributed by atoms with Gasteiger partial charge in [0.1, 0.15) is 4.88 Å². The van der Waals surface area contributed by atoms with Gasteiger partial charge in [0.05, 0.1) is 13.3 Å². The average Bonchev–Trinajstić information content (AvgIpc) is 3.29. The zero-order valence-electron chi connectivity index (χ0n) is 12.5. The van der Waals surface area contributed by atoms with Gasteiger partial charge in [0, 0.05) is 0 Å². The van der Waals surface area contributed by atoms with Crippen molar-refractivity contribution in [1.29, 1.82) is 0 Å². The molecular formula is C14H12N6O3S. The summed E-state index contributed by atoms with van der Waals surface area (Å²) < 4.78 is 10.6. The van der Waals surface area contributed by atoms with Crippen LogP contribution in [0.3, 0.4) is 0 Å². The number of benzene rings is 1. The number of aromatic nitrogens is 4. The molecule has 0 radical (unpaired) electrons. The molecule has 0 saturated heterocycles. The highest BCUT2D eigenvalue weighted by atomic mass is 32.1. The molecule has 0 fully saturated rings. The summed E-state index contributed by atoms with van der Waals surface area (Å²) in [7, 11) is 1.50. The van der Waals surface area contributed by atoms with E-state index in [1.807, 2.05) is 5.38 Å². The van der Waals surface area contributed by atoms with E-state index in [-0.39, 0.29) is 5.95 Å². The Morgan fingerprint density at radius 2 is 2.29 bits per heavy atom. The van der Waals surface area contributed by atoms with Crippen LogP contribution in [0.15, 0.2) is 40.8 Å². The molecule has 1 aromatic carbocycles. The number of hydrazone groups is 1. The predicted molar refractivity (Wildman–Crippen MR) is 87.7 cm³/mol. The number of thiophene rings is 1. The lowest BCUT2D eigenvalue weighted by molar-refractivity contribution is 0.0735. The maximum atomic E-state index is 12.0. The number of hydrogen-bond acceptors (Lipinski definition) is 9. The first kappa shape index (κ1) is 15.6. The van der Waals surface area contributed by atoms with Crippen LogP contribution in [0.4, 0.5) is 5.95 Å². The normalized spacial score (nSPS) is 10.7. The summed E-state index contributed by atoms with van der Waals surface area (Å²) in [6.45, 7) is 0. The highest BCUT2D eigenvalue weighted by molar-refractivity contribution is 7.12. The molecule has 2 N–H and O–H groups in total. The maximum Gasteiger partial charge on any atom is 0.353 e. The van der Waals surface area contributed by atoms with E-state index in [1.165, 1.54) is 18.4 Å². The predicted octanol–water partition coefficient (Wildman–Crippen LogP) is 1.93. The number of tetrazole rings is 1. The molecule has 0 atom stereocenters. The van der Waals surface area contributed by atoms with E-state index in [0.29, 0.717) is 16.4 Å². The molecule has 0 aliphatic carbocycles. The molecule has 2 heterocycles. The number of carbonyl (C=O) groups is 1. The molecule has 10 heteroatoms. The van der Waals surface area contributed by atoms with Crippen molar-refractivity contribution in [3.8, 4) is 11.5 Å². The van der Waals surface area contributed by atoms with E-state index < -0.39 is 5.97 Å². The number of nitrogens with zero attached hydrogens (tertiary/aromatic N) is 4. The number of ether oxygens (including phenoxy) is 2. The third kappa shape index (κ3) is 3.73. The largest absolute Gasteiger partial charge is 0.493 e. The fourth-order valence-corrected chi connectivity index (χ4v) is 2.37. The van der Waals surface area contributed by atoms with Gasteiger partial charge < -0.3 is 9.47 Å². The quantitative estimate of drug-likeness (QED) is 0.304. The third-order valence-corrected chi connectivity index (χ3v) is 3.69. The van der Waals surface area contributed by atoms with Crippen LogP contribution in [0.1, 0.15) is 15.2 Å². The zero-order chi connectivity index (χ0) is 16.8. The number of H-pyrrole nitrogens is 1. The van der Waals surface area contributed by atoms with Crippen molar-refractivity contribution in [2.75, 3.05) is 12.5 Å². The van der Waals surface area contributed by atoms with Crippen LogP contribution in [0.5, 0.6) is 11.5 Å². The first-order valence-electron chi connectivity index (χ1n) is 6.72. The maximum absolute atomic E-state index is 12.0. The van der Waals surface area contributed by atoms with Gasteiger partial charge in [0.2, 0.25) is 0 Å². The Bertz CT molecular complexity index is 832. The van der Waals surface area contributed by atoms with E-state index in [2.05, 4.69) is 31.2 Å². The Morgan fingerprint density at radius 3 is 3.00 bits per heavy atom. The zero-order valence-corrected chi connectivity index (χ0v) is 13.3. The second kappa shape index (κ2) is 7.33. The SMILES string of the molecule is COc1cc(/C=N\Nc2nn[nH]n2)ccc1OC(=O)c1cccs1. The average molecular weight is 344 g/mol. The van der Waals surface area contributed by atoms with Crippen molar-refractivity contribution >= 4 is 29.5 Å². The number of aromatic amines is 1. The van der Waals surface area contributed by atoms with Crippen LogP contribution in [0.25, 0.3) is 0 Å². The standard InChI is InChI=1S/C14H12N6O3S/c1-22-11-7-9(8-15-16-14-17-19-20-18-14)4-5-10(11)23-13(21)12-3-2-6-24-12/h2-8H,1H3,(H2,16,17,18,19,20)/b15-8-. The molecule has 2 aromatic heterocycles. The molecule has 3 aromatic rings. The van der Waals surface area contributed by atoms with Crippen molar-refractivity contribution in [1.82, 2.24) is 20.6 Å². The fraction of sp³-hybridized carbons (Fsp3) is 0.0714. The number of carbonyl (C=O) groups excluding carboxylic acids is 1. The molecular weight excluding hydrogens is 332 g/mol. The van der Waals surface area contributed by atoms with Crippen molar-refractivity contribution in [2.45, 2.75) is 0 Å². The fourth-order valence-electron chi connectivity index (χ4n) is 1.77. The lowest BCUT2D eigenvalue weighted by Crippen LogP contribution is -2.07. The second-order valence-electron chi connectivity index (χ2n) is 4.38. The van der Waals surface area contributed by atoms with E-state index in [1.54, 1.807) is 36.5 Å². The van der Waals surface area contributed by atoms with E-state index in [0.717, 1.165) is 5.56 Å². The smallest absolute Gasteiger partial charge is 0.353 e. The minimum atomic E-state index is -0.427. The number of rotatable bonds is 6. The molecule has 9 nitrogen and oxygen atoms in total. The monoisotopic (exact) mass is 344 g/mol.